The highest BCUT2D eigenvalue weighted by atomic mass is 32.2. The first-order valence-corrected chi connectivity index (χ1v) is 12.1. The van der Waals surface area contributed by atoms with E-state index < -0.39 is 39.9 Å². The number of aliphatic carboxylic acids is 2. The standard InChI is InChI=1S/C15H23N3O4S.2C2HF3O2/c1-23(19,20)18-6-8-22-15(12-18)11-17(5-7-21-13-15)10-14-3-2-4-16-9-14;2*3-2(4,5)1(6)7/h2-4,9H,5-8,10-13H2,1H3;2*(H,6,7). The predicted octanol–water partition coefficient (Wildman–Crippen LogP) is 1.21. The highest BCUT2D eigenvalue weighted by Crippen LogP contribution is 2.25. The minimum absolute atomic E-state index is 0.343. The molecule has 0 radical (unpaired) electrons. The Hall–Kier alpha value is -2.54. The summed E-state index contributed by atoms with van der Waals surface area (Å²) in [5.74, 6) is -5.51. The van der Waals surface area contributed by atoms with E-state index in [2.05, 4.69) is 9.88 Å². The van der Waals surface area contributed by atoms with Gasteiger partial charge in [-0.25, -0.2) is 18.0 Å². The Balaban J connectivity index is 0.000000404. The molecule has 2 aliphatic rings. The number of pyridine rings is 1. The third-order valence-corrected chi connectivity index (χ3v) is 5.97. The molecular weight excluding hydrogens is 544 g/mol. The summed E-state index contributed by atoms with van der Waals surface area (Å²) in [6.45, 7) is 4.37. The summed E-state index contributed by atoms with van der Waals surface area (Å²) in [7, 11) is -3.22. The van der Waals surface area contributed by atoms with Gasteiger partial charge < -0.3 is 19.7 Å². The summed E-state index contributed by atoms with van der Waals surface area (Å²) in [6.07, 6.45) is -5.31. The van der Waals surface area contributed by atoms with Crippen molar-refractivity contribution < 1.29 is 64.0 Å². The topological polar surface area (TPSA) is 147 Å². The quantitative estimate of drug-likeness (QED) is 0.510. The van der Waals surface area contributed by atoms with E-state index in [4.69, 9.17) is 29.3 Å². The van der Waals surface area contributed by atoms with Crippen molar-refractivity contribution in [3.8, 4) is 0 Å². The van der Waals surface area contributed by atoms with Gasteiger partial charge in [-0.15, -0.1) is 0 Å². The molecule has 1 atom stereocenters. The fourth-order valence-corrected chi connectivity index (χ4v) is 4.02. The van der Waals surface area contributed by atoms with E-state index in [1.54, 1.807) is 6.20 Å². The number of alkyl halides is 6. The lowest BCUT2D eigenvalue weighted by Gasteiger charge is -2.42. The lowest BCUT2D eigenvalue weighted by molar-refractivity contribution is -0.193. The second-order valence-corrected chi connectivity index (χ2v) is 9.84. The van der Waals surface area contributed by atoms with Gasteiger partial charge in [0.15, 0.2) is 0 Å². The number of morpholine rings is 1. The van der Waals surface area contributed by atoms with Crippen molar-refractivity contribution >= 4 is 22.0 Å². The minimum Gasteiger partial charge on any atom is -0.475 e. The highest BCUT2D eigenvalue weighted by molar-refractivity contribution is 7.88. The van der Waals surface area contributed by atoms with Crippen LogP contribution < -0.4 is 0 Å². The van der Waals surface area contributed by atoms with Crippen molar-refractivity contribution in [3.05, 3.63) is 30.1 Å². The monoisotopic (exact) mass is 569 g/mol. The lowest BCUT2D eigenvalue weighted by Crippen LogP contribution is -2.59. The fraction of sp³-hybridized carbons (Fsp3) is 0.632. The molecule has 1 unspecified atom stereocenters. The molecule has 0 saturated carbocycles. The van der Waals surface area contributed by atoms with Gasteiger partial charge in [-0.3, -0.25) is 9.88 Å². The van der Waals surface area contributed by atoms with E-state index in [-0.39, 0.29) is 0 Å². The number of hydrogen-bond donors (Lipinski definition) is 2. The molecule has 2 saturated heterocycles. The SMILES string of the molecule is CS(=O)(=O)N1CCOC2(COCCN(Cc3cccnc3)C2)C1.O=C(O)C(F)(F)F.O=C(O)C(F)(F)F. The van der Waals surface area contributed by atoms with Gasteiger partial charge in [-0.1, -0.05) is 6.07 Å². The van der Waals surface area contributed by atoms with Gasteiger partial charge >= 0.3 is 24.3 Å². The Morgan fingerprint density at radius 2 is 1.62 bits per heavy atom. The zero-order valence-corrected chi connectivity index (χ0v) is 20.1. The summed E-state index contributed by atoms with van der Waals surface area (Å²) in [5, 5.41) is 14.2. The molecule has 3 heterocycles. The van der Waals surface area contributed by atoms with Crippen molar-refractivity contribution in [2.75, 3.05) is 52.3 Å². The Morgan fingerprint density at radius 3 is 2.08 bits per heavy atom. The van der Waals surface area contributed by atoms with Crippen LogP contribution in [0.5, 0.6) is 0 Å². The fourth-order valence-electron chi connectivity index (χ4n) is 3.14. The van der Waals surface area contributed by atoms with Gasteiger partial charge in [0.1, 0.15) is 5.60 Å². The summed E-state index contributed by atoms with van der Waals surface area (Å²) in [5.41, 5.74) is 0.528. The molecule has 2 N–H and O–H groups in total. The molecule has 0 bridgehead atoms. The van der Waals surface area contributed by atoms with Crippen LogP contribution in [0.15, 0.2) is 24.5 Å². The molecular formula is C19H25F6N3O8S. The molecule has 2 aliphatic heterocycles. The molecule has 3 rings (SSSR count). The Kier molecular flexibility index (Phi) is 11.7. The van der Waals surface area contributed by atoms with Crippen LogP contribution in [0, 0.1) is 0 Å². The average molecular weight is 569 g/mol. The van der Waals surface area contributed by atoms with Crippen LogP contribution in [0.25, 0.3) is 0 Å². The number of carboxylic acid groups (broad SMARTS) is 2. The number of aromatic nitrogens is 1. The molecule has 0 amide bonds. The number of carboxylic acids is 2. The van der Waals surface area contributed by atoms with E-state index in [9.17, 15) is 34.8 Å². The maximum atomic E-state index is 11.9. The molecule has 212 valence electrons. The van der Waals surface area contributed by atoms with Crippen molar-refractivity contribution in [1.82, 2.24) is 14.2 Å². The van der Waals surface area contributed by atoms with Gasteiger partial charge in [0, 0.05) is 45.1 Å². The first-order valence-electron chi connectivity index (χ1n) is 10.2. The average Bonchev–Trinajstić information content (AvgIpc) is 2.95. The van der Waals surface area contributed by atoms with Gasteiger partial charge in [0.05, 0.1) is 26.1 Å². The smallest absolute Gasteiger partial charge is 0.475 e. The number of nitrogens with zero attached hydrogens (tertiary/aromatic N) is 3. The molecule has 1 aromatic heterocycles. The number of halogens is 6. The molecule has 1 spiro atoms. The number of ether oxygens (including phenoxy) is 2. The molecule has 0 aromatic carbocycles. The predicted molar refractivity (Wildman–Crippen MR) is 113 cm³/mol. The van der Waals surface area contributed by atoms with Crippen molar-refractivity contribution in [2.24, 2.45) is 0 Å². The van der Waals surface area contributed by atoms with Crippen LogP contribution in [-0.2, 0) is 35.6 Å². The van der Waals surface area contributed by atoms with E-state index in [0.717, 1.165) is 18.7 Å². The largest absolute Gasteiger partial charge is 0.490 e. The van der Waals surface area contributed by atoms with Gasteiger partial charge in [0.2, 0.25) is 10.0 Å². The van der Waals surface area contributed by atoms with Crippen molar-refractivity contribution in [1.29, 1.82) is 0 Å². The van der Waals surface area contributed by atoms with E-state index >= 15 is 0 Å². The number of carbonyl (C=O) groups is 2. The van der Waals surface area contributed by atoms with Gasteiger partial charge in [0.25, 0.3) is 0 Å². The van der Waals surface area contributed by atoms with Crippen molar-refractivity contribution in [3.63, 3.8) is 0 Å². The zero-order valence-electron chi connectivity index (χ0n) is 19.3. The number of sulfonamides is 1. The first-order chi connectivity index (χ1) is 16.9. The van der Waals surface area contributed by atoms with Crippen LogP contribution in [0.1, 0.15) is 5.56 Å². The molecule has 1 aromatic rings. The first kappa shape index (κ1) is 32.5. The Bertz CT molecular complexity index is 970. The molecule has 11 nitrogen and oxygen atoms in total. The summed E-state index contributed by atoms with van der Waals surface area (Å²) < 4.78 is 100. The highest BCUT2D eigenvalue weighted by Gasteiger charge is 2.42. The molecule has 2 fully saturated rings. The second-order valence-electron chi connectivity index (χ2n) is 7.86. The Morgan fingerprint density at radius 1 is 1.05 bits per heavy atom. The Labute approximate surface area is 207 Å². The third-order valence-electron chi connectivity index (χ3n) is 4.73. The maximum Gasteiger partial charge on any atom is 0.490 e. The van der Waals surface area contributed by atoms with Crippen LogP contribution in [0.4, 0.5) is 26.3 Å². The maximum absolute atomic E-state index is 11.9. The summed E-state index contributed by atoms with van der Waals surface area (Å²) in [6, 6.07) is 3.96. The van der Waals surface area contributed by atoms with E-state index in [1.165, 1.54) is 10.6 Å². The van der Waals surface area contributed by atoms with Crippen LogP contribution >= 0.6 is 0 Å². The molecule has 37 heavy (non-hydrogen) atoms. The third kappa shape index (κ3) is 12.0. The van der Waals surface area contributed by atoms with Gasteiger partial charge in [-0.05, 0) is 11.6 Å². The van der Waals surface area contributed by atoms with Crippen LogP contribution in [0.3, 0.4) is 0 Å². The van der Waals surface area contributed by atoms with E-state index in [0.29, 0.717) is 39.5 Å². The van der Waals surface area contributed by atoms with E-state index in [1.807, 2.05) is 18.3 Å². The zero-order chi connectivity index (χ0) is 28.5. The van der Waals surface area contributed by atoms with Crippen molar-refractivity contribution in [2.45, 2.75) is 24.5 Å². The molecule has 18 heteroatoms. The number of rotatable bonds is 3. The lowest BCUT2D eigenvalue weighted by atomic mass is 10.0. The summed E-state index contributed by atoms with van der Waals surface area (Å²) in [4.78, 5) is 24.2. The minimum atomic E-state index is -5.08. The normalized spacial score (nSPS) is 21.6. The molecule has 0 aliphatic carbocycles. The summed E-state index contributed by atoms with van der Waals surface area (Å²) >= 11 is 0. The van der Waals surface area contributed by atoms with Crippen LogP contribution in [0.2, 0.25) is 0 Å². The second kappa shape index (κ2) is 13.3. The van der Waals surface area contributed by atoms with Crippen LogP contribution in [-0.4, -0.2) is 115 Å². The number of hydrogen-bond acceptors (Lipinski definition) is 8. The van der Waals surface area contributed by atoms with Gasteiger partial charge in [-0.2, -0.15) is 30.6 Å².